The largest absolute Gasteiger partial charge is 0.373 e. The number of rotatable bonds is 4. The molecule has 3 aromatic heterocycles. The summed E-state index contributed by atoms with van der Waals surface area (Å²) in [7, 11) is 0. The van der Waals surface area contributed by atoms with Crippen LogP contribution in [0.2, 0.25) is 0 Å². The van der Waals surface area contributed by atoms with E-state index in [1.807, 2.05) is 18.5 Å². The molecule has 9 nitrogen and oxygen atoms in total. The molecule has 2 atom stereocenters. The van der Waals surface area contributed by atoms with Crippen molar-refractivity contribution in [1.82, 2.24) is 29.8 Å². The van der Waals surface area contributed by atoms with Crippen LogP contribution in [0.1, 0.15) is 19.9 Å². The Balaban J connectivity index is 1.39. The average Bonchev–Trinajstić information content (AvgIpc) is 2.88. The van der Waals surface area contributed by atoms with Crippen LogP contribution in [-0.2, 0) is 4.74 Å². The number of hydrogen-bond acceptors (Lipinski definition) is 8. The van der Waals surface area contributed by atoms with Crippen molar-refractivity contribution >= 4 is 28.6 Å². The second-order valence-corrected chi connectivity index (χ2v) is 7.64. The van der Waals surface area contributed by atoms with Gasteiger partial charge in [0.2, 0.25) is 5.95 Å². The Morgan fingerprint density at radius 1 is 1.21 bits per heavy atom. The zero-order chi connectivity index (χ0) is 19.1. The van der Waals surface area contributed by atoms with Gasteiger partial charge in [0, 0.05) is 44.0 Å². The minimum atomic E-state index is 0.180. The van der Waals surface area contributed by atoms with E-state index in [9.17, 15) is 0 Å². The lowest BCUT2D eigenvalue weighted by molar-refractivity contribution is 0.0258. The number of morpholine rings is 1. The molecule has 3 aliphatic heterocycles. The molecular formula is C19H24N8O. The number of pyridine rings is 1. The van der Waals surface area contributed by atoms with Crippen LogP contribution in [0.25, 0.3) is 11.0 Å². The van der Waals surface area contributed by atoms with Gasteiger partial charge in [0.1, 0.15) is 17.2 Å². The summed E-state index contributed by atoms with van der Waals surface area (Å²) in [6.07, 6.45) is 5.60. The Kier molecular flexibility index (Phi) is 4.33. The first-order valence-electron chi connectivity index (χ1n) is 9.68. The third-order valence-corrected chi connectivity index (χ3v) is 5.23. The lowest BCUT2D eigenvalue weighted by Crippen LogP contribution is -2.45. The van der Waals surface area contributed by atoms with Crippen molar-refractivity contribution in [2.24, 2.45) is 0 Å². The molecule has 146 valence electrons. The summed E-state index contributed by atoms with van der Waals surface area (Å²) in [6, 6.07) is 4.52. The number of anilines is 3. The molecule has 2 bridgehead atoms. The van der Waals surface area contributed by atoms with E-state index in [1.54, 1.807) is 12.4 Å². The maximum Gasteiger partial charge on any atom is 0.227 e. The molecule has 0 radical (unpaired) electrons. The van der Waals surface area contributed by atoms with Crippen LogP contribution in [0.4, 0.5) is 17.6 Å². The highest BCUT2D eigenvalue weighted by molar-refractivity contribution is 5.78. The van der Waals surface area contributed by atoms with E-state index < -0.39 is 0 Å². The van der Waals surface area contributed by atoms with E-state index in [4.69, 9.17) is 9.72 Å². The van der Waals surface area contributed by atoms with Crippen LogP contribution in [0.3, 0.4) is 0 Å². The molecule has 0 saturated carbocycles. The maximum atomic E-state index is 5.85. The van der Waals surface area contributed by atoms with Crippen molar-refractivity contribution in [3.05, 3.63) is 30.9 Å². The van der Waals surface area contributed by atoms with E-state index in [2.05, 4.69) is 48.9 Å². The summed E-state index contributed by atoms with van der Waals surface area (Å²) in [6.45, 7) is 7.54. The van der Waals surface area contributed by atoms with E-state index in [0.29, 0.717) is 18.0 Å². The van der Waals surface area contributed by atoms with Gasteiger partial charge in [-0.1, -0.05) is 0 Å². The molecular weight excluding hydrogens is 356 g/mol. The van der Waals surface area contributed by atoms with Crippen LogP contribution in [0.15, 0.2) is 30.9 Å². The molecule has 2 unspecified atom stereocenters. The number of aromatic nitrogens is 5. The molecule has 3 saturated heterocycles. The number of imidazole rings is 1. The van der Waals surface area contributed by atoms with Crippen LogP contribution < -0.4 is 15.5 Å². The van der Waals surface area contributed by atoms with Crippen LogP contribution >= 0.6 is 0 Å². The van der Waals surface area contributed by atoms with Gasteiger partial charge < -0.3 is 24.8 Å². The number of ether oxygens (including phenoxy) is 1. The van der Waals surface area contributed by atoms with Crippen molar-refractivity contribution in [1.29, 1.82) is 0 Å². The number of nitrogens with one attached hydrogen (secondary N) is 2. The van der Waals surface area contributed by atoms with Gasteiger partial charge >= 0.3 is 0 Å². The molecule has 28 heavy (non-hydrogen) atoms. The van der Waals surface area contributed by atoms with E-state index in [0.717, 1.165) is 48.9 Å². The SMILES string of the molecule is CC(C)n1cnc2cnc(Nc3ccnc(N4CC5COC(CN5)C4)n3)cc21. The highest BCUT2D eigenvalue weighted by Gasteiger charge is 2.30. The van der Waals surface area contributed by atoms with Crippen LogP contribution in [0.5, 0.6) is 0 Å². The summed E-state index contributed by atoms with van der Waals surface area (Å²) in [5.41, 5.74) is 1.93. The second kappa shape index (κ2) is 6.99. The van der Waals surface area contributed by atoms with Gasteiger partial charge in [0.15, 0.2) is 0 Å². The molecule has 0 amide bonds. The van der Waals surface area contributed by atoms with Crippen molar-refractivity contribution in [3.8, 4) is 0 Å². The monoisotopic (exact) mass is 380 g/mol. The fourth-order valence-electron chi connectivity index (χ4n) is 3.76. The molecule has 3 aromatic rings. The lowest BCUT2D eigenvalue weighted by Gasteiger charge is -2.23. The van der Waals surface area contributed by atoms with E-state index in [-0.39, 0.29) is 6.10 Å². The molecule has 3 fully saturated rings. The van der Waals surface area contributed by atoms with Crippen molar-refractivity contribution < 1.29 is 4.74 Å². The van der Waals surface area contributed by atoms with E-state index in [1.165, 1.54) is 0 Å². The fraction of sp³-hybridized carbons (Fsp3) is 0.474. The van der Waals surface area contributed by atoms with Crippen molar-refractivity contribution in [2.45, 2.75) is 32.0 Å². The van der Waals surface area contributed by atoms with Crippen LogP contribution in [-0.4, -0.2) is 62.9 Å². The predicted octanol–water partition coefficient (Wildman–Crippen LogP) is 1.72. The molecule has 0 aliphatic carbocycles. The highest BCUT2D eigenvalue weighted by atomic mass is 16.5. The lowest BCUT2D eigenvalue weighted by atomic mass is 10.2. The first kappa shape index (κ1) is 17.3. The van der Waals surface area contributed by atoms with Crippen molar-refractivity contribution in [3.63, 3.8) is 0 Å². The smallest absolute Gasteiger partial charge is 0.227 e. The zero-order valence-electron chi connectivity index (χ0n) is 16.0. The Bertz CT molecular complexity index is 965. The maximum absolute atomic E-state index is 5.85. The summed E-state index contributed by atoms with van der Waals surface area (Å²) in [5, 5.41) is 6.82. The average molecular weight is 380 g/mol. The Morgan fingerprint density at radius 2 is 2.14 bits per heavy atom. The van der Waals surface area contributed by atoms with Gasteiger partial charge in [-0.05, 0) is 19.9 Å². The van der Waals surface area contributed by atoms with Gasteiger partial charge in [0.25, 0.3) is 0 Å². The van der Waals surface area contributed by atoms with Crippen molar-refractivity contribution in [2.75, 3.05) is 36.5 Å². The quantitative estimate of drug-likeness (QED) is 0.707. The minimum absolute atomic E-state index is 0.180. The predicted molar refractivity (Wildman–Crippen MR) is 107 cm³/mol. The second-order valence-electron chi connectivity index (χ2n) is 7.64. The highest BCUT2D eigenvalue weighted by Crippen LogP contribution is 2.23. The fourth-order valence-corrected chi connectivity index (χ4v) is 3.76. The molecule has 6 heterocycles. The third-order valence-electron chi connectivity index (χ3n) is 5.23. The summed E-state index contributed by atoms with van der Waals surface area (Å²) < 4.78 is 7.98. The van der Waals surface area contributed by atoms with Gasteiger partial charge in [-0.3, -0.25) is 0 Å². The standard InChI is InChI=1S/C19H24N8O/c1-12(2)27-11-23-15-7-22-18(5-16(15)27)24-17-3-4-20-19(25-17)26-8-13-10-28-14(9-26)6-21-13/h3-5,7,11-14,21H,6,8-10H2,1-2H3,(H,20,22,24,25). The minimum Gasteiger partial charge on any atom is -0.373 e. The Morgan fingerprint density at radius 3 is 2.96 bits per heavy atom. The number of hydrogen-bond donors (Lipinski definition) is 2. The zero-order valence-corrected chi connectivity index (χ0v) is 16.0. The van der Waals surface area contributed by atoms with E-state index >= 15 is 0 Å². The topological polar surface area (TPSA) is 93.0 Å². The van der Waals surface area contributed by atoms with Gasteiger partial charge in [-0.15, -0.1) is 0 Å². The van der Waals surface area contributed by atoms with Gasteiger partial charge in [-0.2, -0.15) is 4.98 Å². The summed E-state index contributed by atoms with van der Waals surface area (Å²) in [5.74, 6) is 2.17. The molecule has 9 heteroatoms. The van der Waals surface area contributed by atoms with Gasteiger partial charge in [0.05, 0.1) is 30.8 Å². The normalized spacial score (nSPS) is 22.0. The molecule has 2 N–H and O–H groups in total. The first-order valence-corrected chi connectivity index (χ1v) is 9.68. The van der Waals surface area contributed by atoms with Gasteiger partial charge in [-0.25, -0.2) is 15.0 Å². The number of fused-ring (bicyclic) bond motifs is 5. The summed E-state index contributed by atoms with van der Waals surface area (Å²) in [4.78, 5) is 20.3. The Hall–Kier alpha value is -2.78. The summed E-state index contributed by atoms with van der Waals surface area (Å²) >= 11 is 0. The number of nitrogens with zero attached hydrogens (tertiary/aromatic N) is 6. The molecule has 0 spiro atoms. The first-order chi connectivity index (χ1) is 13.7. The van der Waals surface area contributed by atoms with Crippen LogP contribution in [0, 0.1) is 0 Å². The molecule has 0 aromatic carbocycles. The Labute approximate surface area is 163 Å². The molecule has 6 rings (SSSR count). The third kappa shape index (κ3) is 3.27. The molecule has 3 aliphatic rings.